The SMILES string of the molecule is CCC(C)(O)CNC(=O)C(C)NC(C)=O. The third kappa shape index (κ3) is 6.06. The van der Waals surface area contributed by atoms with Crippen molar-refractivity contribution in [3.63, 3.8) is 0 Å². The average molecular weight is 216 g/mol. The summed E-state index contributed by atoms with van der Waals surface area (Å²) in [6, 6.07) is -0.574. The van der Waals surface area contributed by atoms with E-state index in [0.717, 1.165) is 0 Å². The van der Waals surface area contributed by atoms with Crippen LogP contribution in [0.3, 0.4) is 0 Å². The molecule has 0 aliphatic heterocycles. The normalized spacial score (nSPS) is 16.3. The summed E-state index contributed by atoms with van der Waals surface area (Å²) in [6.45, 7) is 6.62. The van der Waals surface area contributed by atoms with E-state index in [-0.39, 0.29) is 18.4 Å². The number of aliphatic hydroxyl groups is 1. The Bertz CT molecular complexity index is 239. The van der Waals surface area contributed by atoms with E-state index in [2.05, 4.69) is 10.6 Å². The van der Waals surface area contributed by atoms with Crippen molar-refractivity contribution in [2.24, 2.45) is 0 Å². The largest absolute Gasteiger partial charge is 0.388 e. The molecule has 2 unspecified atom stereocenters. The van der Waals surface area contributed by atoms with Gasteiger partial charge in [0.2, 0.25) is 11.8 Å². The highest BCUT2D eigenvalue weighted by Gasteiger charge is 2.20. The van der Waals surface area contributed by atoms with Crippen LogP contribution in [0, 0.1) is 0 Å². The van der Waals surface area contributed by atoms with Crippen LogP contribution in [0.15, 0.2) is 0 Å². The van der Waals surface area contributed by atoms with Crippen molar-refractivity contribution in [1.82, 2.24) is 10.6 Å². The molecule has 0 radical (unpaired) electrons. The first-order chi connectivity index (χ1) is 6.78. The van der Waals surface area contributed by atoms with E-state index in [1.54, 1.807) is 13.8 Å². The lowest BCUT2D eigenvalue weighted by Gasteiger charge is -2.22. The van der Waals surface area contributed by atoms with Crippen LogP contribution in [-0.2, 0) is 9.59 Å². The molecule has 0 saturated carbocycles. The molecule has 3 N–H and O–H groups in total. The van der Waals surface area contributed by atoms with Gasteiger partial charge in [-0.15, -0.1) is 0 Å². The molecule has 0 rings (SSSR count). The van der Waals surface area contributed by atoms with Crippen molar-refractivity contribution in [3.05, 3.63) is 0 Å². The maximum absolute atomic E-state index is 11.4. The lowest BCUT2D eigenvalue weighted by atomic mass is 10.0. The molecule has 5 nitrogen and oxygen atoms in total. The standard InChI is InChI=1S/C10H20N2O3/c1-5-10(4,15)6-11-9(14)7(2)12-8(3)13/h7,15H,5-6H2,1-4H3,(H,11,14)(H,12,13). The second kappa shape index (κ2) is 5.70. The first-order valence-corrected chi connectivity index (χ1v) is 5.05. The monoisotopic (exact) mass is 216 g/mol. The van der Waals surface area contributed by atoms with Gasteiger partial charge in [0, 0.05) is 13.5 Å². The molecule has 15 heavy (non-hydrogen) atoms. The molecule has 0 saturated heterocycles. The Kier molecular flexibility index (Phi) is 5.28. The third-order valence-corrected chi connectivity index (χ3v) is 2.22. The van der Waals surface area contributed by atoms with Gasteiger partial charge in [0.25, 0.3) is 0 Å². The van der Waals surface area contributed by atoms with Crippen LogP contribution in [0.2, 0.25) is 0 Å². The third-order valence-electron chi connectivity index (χ3n) is 2.22. The van der Waals surface area contributed by atoms with Crippen molar-refractivity contribution in [1.29, 1.82) is 0 Å². The van der Waals surface area contributed by atoms with Gasteiger partial charge in [0.05, 0.1) is 5.60 Å². The summed E-state index contributed by atoms with van der Waals surface area (Å²) in [5.74, 6) is -0.543. The maximum Gasteiger partial charge on any atom is 0.242 e. The van der Waals surface area contributed by atoms with Crippen molar-refractivity contribution >= 4 is 11.8 Å². The van der Waals surface area contributed by atoms with E-state index in [4.69, 9.17) is 0 Å². The van der Waals surface area contributed by atoms with E-state index in [9.17, 15) is 14.7 Å². The highest BCUT2D eigenvalue weighted by molar-refractivity contribution is 5.86. The number of nitrogens with one attached hydrogen (secondary N) is 2. The van der Waals surface area contributed by atoms with E-state index < -0.39 is 11.6 Å². The number of amides is 2. The number of hydrogen-bond acceptors (Lipinski definition) is 3. The Morgan fingerprint density at radius 1 is 1.47 bits per heavy atom. The van der Waals surface area contributed by atoms with Crippen LogP contribution < -0.4 is 10.6 Å². The number of carbonyl (C=O) groups is 2. The highest BCUT2D eigenvalue weighted by atomic mass is 16.3. The minimum absolute atomic E-state index is 0.187. The van der Waals surface area contributed by atoms with E-state index in [1.807, 2.05) is 6.92 Å². The average Bonchev–Trinajstić information content (AvgIpc) is 2.13. The minimum Gasteiger partial charge on any atom is -0.388 e. The van der Waals surface area contributed by atoms with Crippen molar-refractivity contribution < 1.29 is 14.7 Å². The molecular weight excluding hydrogens is 196 g/mol. The fourth-order valence-electron chi connectivity index (χ4n) is 0.926. The van der Waals surface area contributed by atoms with Gasteiger partial charge >= 0.3 is 0 Å². The van der Waals surface area contributed by atoms with Crippen LogP contribution in [0.4, 0.5) is 0 Å². The summed E-state index contributed by atoms with van der Waals surface area (Å²) in [5.41, 5.74) is -0.897. The quantitative estimate of drug-likeness (QED) is 0.595. The lowest BCUT2D eigenvalue weighted by Crippen LogP contribution is -2.48. The molecule has 2 amide bonds. The zero-order valence-corrected chi connectivity index (χ0v) is 9.76. The van der Waals surface area contributed by atoms with Gasteiger partial charge in [0.15, 0.2) is 0 Å². The van der Waals surface area contributed by atoms with Crippen LogP contribution in [-0.4, -0.2) is 35.1 Å². The summed E-state index contributed by atoms with van der Waals surface area (Å²) in [7, 11) is 0. The lowest BCUT2D eigenvalue weighted by molar-refractivity contribution is -0.128. The number of carbonyl (C=O) groups excluding carboxylic acids is 2. The van der Waals surface area contributed by atoms with Crippen LogP contribution in [0.25, 0.3) is 0 Å². The number of rotatable bonds is 5. The fourth-order valence-corrected chi connectivity index (χ4v) is 0.926. The molecule has 0 spiro atoms. The van der Waals surface area contributed by atoms with Gasteiger partial charge in [-0.3, -0.25) is 9.59 Å². The van der Waals surface area contributed by atoms with Crippen LogP contribution >= 0.6 is 0 Å². The van der Waals surface area contributed by atoms with Crippen molar-refractivity contribution in [3.8, 4) is 0 Å². The first-order valence-electron chi connectivity index (χ1n) is 5.05. The molecule has 0 fully saturated rings. The van der Waals surface area contributed by atoms with Crippen molar-refractivity contribution in [2.75, 3.05) is 6.54 Å². The first kappa shape index (κ1) is 13.9. The van der Waals surface area contributed by atoms with Crippen LogP contribution in [0.5, 0.6) is 0 Å². The second-order valence-electron chi connectivity index (χ2n) is 3.99. The molecule has 0 heterocycles. The van der Waals surface area contributed by atoms with Crippen molar-refractivity contribution in [2.45, 2.75) is 45.8 Å². The number of hydrogen-bond donors (Lipinski definition) is 3. The maximum atomic E-state index is 11.4. The van der Waals surface area contributed by atoms with Gasteiger partial charge in [-0.25, -0.2) is 0 Å². The Balaban J connectivity index is 3.98. The summed E-state index contributed by atoms with van der Waals surface area (Å²) in [5, 5.41) is 14.7. The van der Waals surface area contributed by atoms with Gasteiger partial charge < -0.3 is 15.7 Å². The zero-order chi connectivity index (χ0) is 12.1. The Morgan fingerprint density at radius 2 is 2.00 bits per heavy atom. The summed E-state index contributed by atoms with van der Waals surface area (Å²) in [6.07, 6.45) is 0.557. The summed E-state index contributed by atoms with van der Waals surface area (Å²) in [4.78, 5) is 22.1. The van der Waals surface area contributed by atoms with Gasteiger partial charge in [0.1, 0.15) is 6.04 Å². The molecular formula is C10H20N2O3. The van der Waals surface area contributed by atoms with Gasteiger partial charge in [-0.05, 0) is 20.3 Å². The summed E-state index contributed by atoms with van der Waals surface area (Å²) >= 11 is 0. The molecule has 0 bridgehead atoms. The van der Waals surface area contributed by atoms with E-state index in [0.29, 0.717) is 6.42 Å². The van der Waals surface area contributed by atoms with E-state index >= 15 is 0 Å². The molecule has 0 aliphatic rings. The van der Waals surface area contributed by atoms with Gasteiger partial charge in [-0.1, -0.05) is 6.92 Å². The molecule has 0 aromatic carbocycles. The predicted molar refractivity (Wildman–Crippen MR) is 57.2 cm³/mol. The fraction of sp³-hybridized carbons (Fsp3) is 0.800. The Labute approximate surface area is 90.2 Å². The second-order valence-corrected chi connectivity index (χ2v) is 3.99. The highest BCUT2D eigenvalue weighted by Crippen LogP contribution is 2.05. The van der Waals surface area contributed by atoms with Crippen LogP contribution in [0.1, 0.15) is 34.1 Å². The molecule has 0 aromatic rings. The smallest absolute Gasteiger partial charge is 0.242 e. The molecule has 88 valence electrons. The topological polar surface area (TPSA) is 78.4 Å². The molecule has 0 aliphatic carbocycles. The predicted octanol–water partition coefficient (Wildman–Crippen LogP) is -0.212. The molecule has 0 aromatic heterocycles. The Hall–Kier alpha value is -1.10. The summed E-state index contributed by atoms with van der Waals surface area (Å²) < 4.78 is 0. The Morgan fingerprint density at radius 3 is 2.40 bits per heavy atom. The minimum atomic E-state index is -0.897. The molecule has 2 atom stereocenters. The van der Waals surface area contributed by atoms with Gasteiger partial charge in [-0.2, -0.15) is 0 Å². The zero-order valence-electron chi connectivity index (χ0n) is 9.76. The molecule has 5 heteroatoms. The van der Waals surface area contributed by atoms with E-state index in [1.165, 1.54) is 6.92 Å².